The molecule has 0 heterocycles. The van der Waals surface area contributed by atoms with E-state index in [-0.39, 0.29) is 12.4 Å². The maximum absolute atomic E-state index is 5.93. The van der Waals surface area contributed by atoms with E-state index in [1.54, 1.807) is 7.11 Å². The molecule has 0 saturated carbocycles. The molecule has 4 heteroatoms. The van der Waals surface area contributed by atoms with E-state index >= 15 is 0 Å². The third-order valence-corrected chi connectivity index (χ3v) is 4.50. The lowest BCUT2D eigenvalue weighted by Gasteiger charge is -2.13. The Kier molecular flexibility index (Phi) is 8.86. The van der Waals surface area contributed by atoms with Crippen molar-refractivity contribution in [2.45, 2.75) is 26.4 Å². The van der Waals surface area contributed by atoms with E-state index in [4.69, 9.17) is 9.47 Å². The summed E-state index contributed by atoms with van der Waals surface area (Å²) in [5.41, 5.74) is 5.02. The Morgan fingerprint density at radius 3 is 2.14 bits per heavy atom. The molecule has 148 valence electrons. The Balaban J connectivity index is 0.00000280. The van der Waals surface area contributed by atoms with Crippen molar-refractivity contribution in [3.63, 3.8) is 0 Å². The van der Waals surface area contributed by atoms with Crippen LogP contribution >= 0.6 is 12.4 Å². The standard InChI is InChI=1S/C24H27NO2.ClH/c1-19-8-10-21(11-9-19)17-25-18-22-12-13-23(24(16-22)26-2)27-15-14-20-6-4-3-5-7-20;/h3-13,16,25H,14-15,17-18H2,1-2H3;1H. The highest BCUT2D eigenvalue weighted by Gasteiger charge is 2.06. The highest BCUT2D eigenvalue weighted by atomic mass is 35.5. The average Bonchev–Trinajstić information content (AvgIpc) is 2.71. The van der Waals surface area contributed by atoms with Crippen LogP contribution in [0, 0.1) is 6.92 Å². The van der Waals surface area contributed by atoms with Crippen LogP contribution in [0.4, 0.5) is 0 Å². The van der Waals surface area contributed by atoms with Gasteiger partial charge in [-0.15, -0.1) is 12.4 Å². The molecule has 0 aliphatic rings. The third-order valence-electron chi connectivity index (χ3n) is 4.50. The molecule has 0 fully saturated rings. The second-order valence-electron chi connectivity index (χ2n) is 6.66. The van der Waals surface area contributed by atoms with Crippen molar-refractivity contribution in [3.05, 3.63) is 95.1 Å². The van der Waals surface area contributed by atoms with Gasteiger partial charge in [-0.05, 0) is 35.7 Å². The van der Waals surface area contributed by atoms with E-state index in [2.05, 4.69) is 54.7 Å². The van der Waals surface area contributed by atoms with Gasteiger partial charge in [0.1, 0.15) is 0 Å². The van der Waals surface area contributed by atoms with Crippen molar-refractivity contribution >= 4 is 12.4 Å². The van der Waals surface area contributed by atoms with Gasteiger partial charge in [0.2, 0.25) is 0 Å². The van der Waals surface area contributed by atoms with Gasteiger partial charge < -0.3 is 14.8 Å². The molecule has 0 aliphatic carbocycles. The molecule has 0 spiro atoms. The monoisotopic (exact) mass is 397 g/mol. The van der Waals surface area contributed by atoms with E-state index in [0.717, 1.165) is 31.0 Å². The molecule has 0 amide bonds. The molecule has 1 N–H and O–H groups in total. The van der Waals surface area contributed by atoms with Crippen molar-refractivity contribution in [2.24, 2.45) is 0 Å². The van der Waals surface area contributed by atoms with Crippen LogP contribution in [-0.4, -0.2) is 13.7 Å². The largest absolute Gasteiger partial charge is 0.493 e. The van der Waals surface area contributed by atoms with Crippen LogP contribution in [0.1, 0.15) is 22.3 Å². The predicted molar refractivity (Wildman–Crippen MR) is 118 cm³/mol. The van der Waals surface area contributed by atoms with Gasteiger partial charge in [0.05, 0.1) is 13.7 Å². The molecule has 0 atom stereocenters. The number of benzene rings is 3. The molecule has 3 nitrogen and oxygen atoms in total. The van der Waals surface area contributed by atoms with Gasteiger partial charge in [-0.25, -0.2) is 0 Å². The van der Waals surface area contributed by atoms with E-state index in [1.165, 1.54) is 22.3 Å². The molecular formula is C24H28ClNO2. The van der Waals surface area contributed by atoms with E-state index < -0.39 is 0 Å². The number of hydrogen-bond donors (Lipinski definition) is 1. The highest BCUT2D eigenvalue weighted by Crippen LogP contribution is 2.28. The quantitative estimate of drug-likeness (QED) is 0.528. The molecule has 3 aromatic carbocycles. The SMILES string of the molecule is COc1cc(CNCc2ccc(C)cc2)ccc1OCCc1ccccc1.Cl. The predicted octanol–water partition coefficient (Wildman–Crippen LogP) is 5.34. The Morgan fingerprint density at radius 2 is 1.43 bits per heavy atom. The van der Waals surface area contributed by atoms with E-state index in [0.29, 0.717) is 6.61 Å². The maximum Gasteiger partial charge on any atom is 0.161 e. The fraction of sp³-hybridized carbons (Fsp3) is 0.250. The van der Waals surface area contributed by atoms with Crippen molar-refractivity contribution in [3.8, 4) is 11.5 Å². The summed E-state index contributed by atoms with van der Waals surface area (Å²) in [6.45, 7) is 4.37. The van der Waals surface area contributed by atoms with Gasteiger partial charge in [0, 0.05) is 19.5 Å². The zero-order valence-corrected chi connectivity index (χ0v) is 17.3. The minimum Gasteiger partial charge on any atom is -0.493 e. The van der Waals surface area contributed by atoms with Crippen LogP contribution in [0.3, 0.4) is 0 Å². The van der Waals surface area contributed by atoms with Crippen LogP contribution in [0.5, 0.6) is 11.5 Å². The Morgan fingerprint density at radius 1 is 0.750 bits per heavy atom. The van der Waals surface area contributed by atoms with Crippen LogP contribution in [0.2, 0.25) is 0 Å². The summed E-state index contributed by atoms with van der Waals surface area (Å²) in [6, 6.07) is 25.1. The summed E-state index contributed by atoms with van der Waals surface area (Å²) < 4.78 is 11.4. The molecular weight excluding hydrogens is 370 g/mol. The summed E-state index contributed by atoms with van der Waals surface area (Å²) in [5, 5.41) is 3.48. The maximum atomic E-state index is 5.93. The molecule has 0 radical (unpaired) electrons. The summed E-state index contributed by atoms with van der Waals surface area (Å²) in [7, 11) is 1.68. The number of hydrogen-bond acceptors (Lipinski definition) is 3. The van der Waals surface area contributed by atoms with Gasteiger partial charge in [-0.3, -0.25) is 0 Å². The van der Waals surface area contributed by atoms with Gasteiger partial charge in [0.25, 0.3) is 0 Å². The number of halogens is 1. The smallest absolute Gasteiger partial charge is 0.161 e. The molecule has 0 aliphatic heterocycles. The van der Waals surface area contributed by atoms with Gasteiger partial charge in [0.15, 0.2) is 11.5 Å². The van der Waals surface area contributed by atoms with Crippen LogP contribution in [0.15, 0.2) is 72.8 Å². The second kappa shape index (κ2) is 11.4. The minimum atomic E-state index is 0. The minimum absolute atomic E-state index is 0. The molecule has 28 heavy (non-hydrogen) atoms. The van der Waals surface area contributed by atoms with Crippen LogP contribution in [0.25, 0.3) is 0 Å². The third kappa shape index (κ3) is 6.59. The summed E-state index contributed by atoms with van der Waals surface area (Å²) >= 11 is 0. The first-order chi connectivity index (χ1) is 13.2. The molecule has 0 bridgehead atoms. The highest BCUT2D eigenvalue weighted by molar-refractivity contribution is 5.85. The first-order valence-electron chi connectivity index (χ1n) is 9.34. The Hall–Kier alpha value is -2.49. The topological polar surface area (TPSA) is 30.5 Å². The van der Waals surface area contributed by atoms with Gasteiger partial charge in [-0.1, -0.05) is 66.2 Å². The molecule has 0 aromatic heterocycles. The molecule has 0 saturated heterocycles. The van der Waals surface area contributed by atoms with Crippen LogP contribution < -0.4 is 14.8 Å². The molecule has 0 unspecified atom stereocenters. The Bertz CT molecular complexity index is 835. The second-order valence-corrected chi connectivity index (χ2v) is 6.66. The van der Waals surface area contributed by atoms with Crippen molar-refractivity contribution in [1.29, 1.82) is 0 Å². The number of ether oxygens (including phenoxy) is 2. The molecule has 3 aromatic rings. The van der Waals surface area contributed by atoms with Crippen molar-refractivity contribution in [1.82, 2.24) is 5.32 Å². The van der Waals surface area contributed by atoms with E-state index in [1.807, 2.05) is 30.3 Å². The number of nitrogens with one attached hydrogen (secondary N) is 1. The van der Waals surface area contributed by atoms with E-state index in [9.17, 15) is 0 Å². The fourth-order valence-corrected chi connectivity index (χ4v) is 2.92. The first-order valence-corrected chi connectivity index (χ1v) is 9.34. The van der Waals surface area contributed by atoms with Crippen molar-refractivity contribution < 1.29 is 9.47 Å². The average molecular weight is 398 g/mol. The first kappa shape index (κ1) is 21.8. The van der Waals surface area contributed by atoms with Gasteiger partial charge in [-0.2, -0.15) is 0 Å². The zero-order chi connectivity index (χ0) is 18.9. The summed E-state index contributed by atoms with van der Waals surface area (Å²) in [4.78, 5) is 0. The summed E-state index contributed by atoms with van der Waals surface area (Å²) in [6.07, 6.45) is 0.879. The lowest BCUT2D eigenvalue weighted by atomic mass is 10.1. The summed E-state index contributed by atoms with van der Waals surface area (Å²) in [5.74, 6) is 1.56. The van der Waals surface area contributed by atoms with Gasteiger partial charge >= 0.3 is 0 Å². The lowest BCUT2D eigenvalue weighted by Crippen LogP contribution is -2.12. The van der Waals surface area contributed by atoms with Crippen LogP contribution in [-0.2, 0) is 19.5 Å². The Labute approximate surface area is 174 Å². The fourth-order valence-electron chi connectivity index (χ4n) is 2.92. The number of methoxy groups -OCH3 is 1. The van der Waals surface area contributed by atoms with Crippen molar-refractivity contribution in [2.75, 3.05) is 13.7 Å². The lowest BCUT2D eigenvalue weighted by molar-refractivity contribution is 0.297. The normalized spacial score (nSPS) is 10.2. The number of rotatable bonds is 9. The number of aryl methyl sites for hydroxylation is 1. The molecule has 3 rings (SSSR count). The zero-order valence-electron chi connectivity index (χ0n) is 16.5.